The van der Waals surface area contributed by atoms with Crippen LogP contribution >= 0.6 is 0 Å². The van der Waals surface area contributed by atoms with Crippen molar-refractivity contribution in [3.05, 3.63) is 48.0 Å². The van der Waals surface area contributed by atoms with Crippen LogP contribution in [0.1, 0.15) is 18.3 Å². The number of para-hydroxylation sites is 1. The smallest absolute Gasteiger partial charge is 0.242 e. The second-order valence-corrected chi connectivity index (χ2v) is 10.4. The van der Waals surface area contributed by atoms with Crippen LogP contribution in [0.3, 0.4) is 0 Å². The summed E-state index contributed by atoms with van der Waals surface area (Å²) >= 11 is 0. The first-order valence-electron chi connectivity index (χ1n) is 7.23. The molecule has 0 aliphatic carbocycles. The van der Waals surface area contributed by atoms with Gasteiger partial charge in [0.1, 0.15) is 5.75 Å². The molecule has 0 amide bonds. The van der Waals surface area contributed by atoms with E-state index in [1.807, 2.05) is 19.2 Å². The molecule has 1 N–H and O–H groups in total. The van der Waals surface area contributed by atoms with Crippen molar-refractivity contribution in [2.75, 3.05) is 6.54 Å². The van der Waals surface area contributed by atoms with E-state index in [2.05, 4.69) is 52.8 Å². The van der Waals surface area contributed by atoms with Gasteiger partial charge in [-0.15, -0.1) is 0 Å². The molecule has 1 aromatic carbocycles. The molecule has 0 spiro atoms. The number of hydrogen-bond donors (Lipinski definition) is 1. The first-order valence-corrected chi connectivity index (χ1v) is 10.6. The summed E-state index contributed by atoms with van der Waals surface area (Å²) in [5, 5.41) is 0. The highest BCUT2D eigenvalue weighted by Gasteiger charge is 2.17. The van der Waals surface area contributed by atoms with Crippen LogP contribution in [0.25, 0.3) is 0 Å². The predicted octanol–water partition coefficient (Wildman–Crippen LogP) is 3.68. The van der Waals surface area contributed by atoms with E-state index in [4.69, 9.17) is 4.43 Å². The van der Waals surface area contributed by atoms with E-state index in [0.717, 1.165) is 30.3 Å². The molecule has 2 aromatic rings. The number of imidazole rings is 1. The van der Waals surface area contributed by atoms with Crippen LogP contribution in [0.15, 0.2) is 41.7 Å². The lowest BCUT2D eigenvalue weighted by Crippen LogP contribution is -2.29. The summed E-state index contributed by atoms with van der Waals surface area (Å²) in [7, 11) is -1.58. The first kappa shape index (κ1) is 15.5. The van der Waals surface area contributed by atoms with Crippen LogP contribution in [0, 0.1) is 0 Å². The van der Waals surface area contributed by atoms with Crippen LogP contribution in [0.4, 0.5) is 0 Å². The number of H-pyrrole nitrogens is 1. The molecular weight excluding hydrogens is 278 g/mol. The number of aromatic amines is 1. The van der Waals surface area contributed by atoms with Gasteiger partial charge in [-0.3, -0.25) is 4.99 Å². The maximum absolute atomic E-state index is 6.13. The third kappa shape index (κ3) is 4.86. The van der Waals surface area contributed by atoms with E-state index < -0.39 is 8.32 Å². The fraction of sp³-hybridized carbons (Fsp3) is 0.375. The molecule has 112 valence electrons. The third-order valence-electron chi connectivity index (χ3n) is 2.96. The largest absolute Gasteiger partial charge is 0.544 e. The number of rotatable bonds is 6. The van der Waals surface area contributed by atoms with Crippen molar-refractivity contribution in [1.29, 1.82) is 0 Å². The lowest BCUT2D eigenvalue weighted by Gasteiger charge is -2.21. The van der Waals surface area contributed by atoms with Crippen LogP contribution in [0.5, 0.6) is 5.75 Å². The summed E-state index contributed by atoms with van der Waals surface area (Å²) in [5.74, 6) is 1.84. The highest BCUT2D eigenvalue weighted by atomic mass is 28.4. The molecule has 4 nitrogen and oxygen atoms in total. The molecule has 0 bridgehead atoms. The van der Waals surface area contributed by atoms with E-state index in [9.17, 15) is 0 Å². The van der Waals surface area contributed by atoms with Gasteiger partial charge in [-0.05, 0) is 44.6 Å². The van der Waals surface area contributed by atoms with Gasteiger partial charge in [-0.1, -0.05) is 18.2 Å². The Balaban J connectivity index is 2.02. The Morgan fingerprint density at radius 1 is 1.29 bits per heavy atom. The summed E-state index contributed by atoms with van der Waals surface area (Å²) in [6.07, 6.45) is 4.43. The molecule has 1 heterocycles. The molecule has 0 aliphatic rings. The van der Waals surface area contributed by atoms with Gasteiger partial charge >= 0.3 is 0 Å². The Labute approximate surface area is 127 Å². The van der Waals surface area contributed by atoms with Gasteiger partial charge in [0.05, 0.1) is 5.71 Å². The zero-order valence-electron chi connectivity index (χ0n) is 13.2. The predicted molar refractivity (Wildman–Crippen MR) is 89.8 cm³/mol. The quantitative estimate of drug-likeness (QED) is 0.653. The maximum Gasteiger partial charge on any atom is 0.242 e. The Bertz CT molecular complexity index is 600. The van der Waals surface area contributed by atoms with Gasteiger partial charge in [-0.25, -0.2) is 4.98 Å². The molecule has 0 saturated heterocycles. The zero-order chi connectivity index (χ0) is 15.3. The van der Waals surface area contributed by atoms with Crippen molar-refractivity contribution in [1.82, 2.24) is 9.97 Å². The SMILES string of the molecule is CC(=NCCc1ccccc1O[Si](C)(C)C)c1ncc[nH]1. The van der Waals surface area contributed by atoms with Gasteiger partial charge in [0.2, 0.25) is 8.32 Å². The van der Waals surface area contributed by atoms with Crippen molar-refractivity contribution in [2.24, 2.45) is 4.99 Å². The van der Waals surface area contributed by atoms with E-state index >= 15 is 0 Å². The Kier molecular flexibility index (Phi) is 4.96. The van der Waals surface area contributed by atoms with Crippen LogP contribution in [0.2, 0.25) is 19.6 Å². The summed E-state index contributed by atoms with van der Waals surface area (Å²) < 4.78 is 6.13. The molecule has 2 rings (SSSR count). The van der Waals surface area contributed by atoms with Gasteiger partial charge < -0.3 is 9.41 Å². The third-order valence-corrected chi connectivity index (χ3v) is 3.79. The maximum atomic E-state index is 6.13. The molecule has 0 aliphatic heterocycles. The monoisotopic (exact) mass is 301 g/mol. The molecule has 0 radical (unpaired) electrons. The number of nitrogens with one attached hydrogen (secondary N) is 1. The average molecular weight is 301 g/mol. The van der Waals surface area contributed by atoms with Crippen LogP contribution in [-0.4, -0.2) is 30.5 Å². The molecule has 0 atom stereocenters. The van der Waals surface area contributed by atoms with Crippen molar-refractivity contribution < 1.29 is 4.43 Å². The van der Waals surface area contributed by atoms with Gasteiger partial charge in [0.15, 0.2) is 5.82 Å². The first-order chi connectivity index (χ1) is 9.96. The van der Waals surface area contributed by atoms with Crippen molar-refractivity contribution in [3.8, 4) is 5.75 Å². The second-order valence-electron chi connectivity index (χ2n) is 5.98. The summed E-state index contributed by atoms with van der Waals surface area (Å²) in [5.41, 5.74) is 2.15. The van der Waals surface area contributed by atoms with Crippen LogP contribution in [-0.2, 0) is 6.42 Å². The zero-order valence-corrected chi connectivity index (χ0v) is 14.2. The highest BCUT2D eigenvalue weighted by Crippen LogP contribution is 2.22. The highest BCUT2D eigenvalue weighted by molar-refractivity contribution is 6.70. The Hall–Kier alpha value is -1.88. The molecule has 21 heavy (non-hydrogen) atoms. The number of nitrogens with zero attached hydrogens (tertiary/aromatic N) is 2. The number of hydrogen-bond acceptors (Lipinski definition) is 3. The lowest BCUT2D eigenvalue weighted by molar-refractivity contribution is 0.549. The Morgan fingerprint density at radius 3 is 2.71 bits per heavy atom. The summed E-state index contributed by atoms with van der Waals surface area (Å²) in [4.78, 5) is 11.8. The van der Waals surface area contributed by atoms with Crippen LogP contribution < -0.4 is 4.43 Å². The van der Waals surface area contributed by atoms with E-state index in [1.54, 1.807) is 6.20 Å². The van der Waals surface area contributed by atoms with Gasteiger partial charge in [-0.2, -0.15) is 0 Å². The van der Waals surface area contributed by atoms with Crippen molar-refractivity contribution in [3.63, 3.8) is 0 Å². The minimum Gasteiger partial charge on any atom is -0.544 e. The fourth-order valence-corrected chi connectivity index (χ4v) is 2.88. The minimum atomic E-state index is -1.58. The van der Waals surface area contributed by atoms with Crippen molar-refractivity contribution >= 4 is 14.0 Å². The van der Waals surface area contributed by atoms with Crippen molar-refractivity contribution in [2.45, 2.75) is 33.0 Å². The minimum absolute atomic E-state index is 0.735. The topological polar surface area (TPSA) is 50.3 Å². The van der Waals surface area contributed by atoms with E-state index in [1.165, 1.54) is 5.56 Å². The number of aromatic nitrogens is 2. The lowest BCUT2D eigenvalue weighted by atomic mass is 10.1. The summed E-state index contributed by atoms with van der Waals surface area (Å²) in [6.45, 7) is 9.30. The molecule has 0 fully saturated rings. The molecule has 5 heteroatoms. The summed E-state index contributed by atoms with van der Waals surface area (Å²) in [6, 6.07) is 8.25. The second kappa shape index (κ2) is 6.71. The molecule has 1 aromatic heterocycles. The average Bonchev–Trinajstić information content (AvgIpc) is 2.93. The van der Waals surface area contributed by atoms with Gasteiger partial charge in [0, 0.05) is 18.9 Å². The van der Waals surface area contributed by atoms with E-state index in [0.29, 0.717) is 0 Å². The van der Waals surface area contributed by atoms with E-state index in [-0.39, 0.29) is 0 Å². The molecule has 0 saturated carbocycles. The normalized spacial score (nSPS) is 12.5. The Morgan fingerprint density at radius 2 is 2.05 bits per heavy atom. The van der Waals surface area contributed by atoms with Gasteiger partial charge in [0.25, 0.3) is 0 Å². The fourth-order valence-electron chi connectivity index (χ4n) is 2.02. The number of benzene rings is 1. The molecule has 0 unspecified atom stereocenters. The standard InChI is InChI=1S/C16H23N3OSi/c1-13(16-18-11-12-19-16)17-10-9-14-7-5-6-8-15(14)20-21(2,3)4/h5-8,11-12H,9-10H2,1-4H3,(H,18,19). The number of aliphatic imine (C=N–C) groups is 1. The molecular formula is C16H23N3OSi.